The van der Waals surface area contributed by atoms with Crippen LogP contribution in [0.25, 0.3) is 0 Å². The van der Waals surface area contributed by atoms with E-state index < -0.39 is 0 Å². The van der Waals surface area contributed by atoms with Gasteiger partial charge in [0.05, 0.1) is 0 Å². The second-order valence-electron chi connectivity index (χ2n) is 13.4. The van der Waals surface area contributed by atoms with E-state index in [9.17, 15) is 4.79 Å². The highest BCUT2D eigenvalue weighted by atomic mass is 16.6. The van der Waals surface area contributed by atoms with Gasteiger partial charge in [-0.3, -0.25) is 0 Å². The zero-order valence-electron chi connectivity index (χ0n) is 26.1. The predicted octanol–water partition coefficient (Wildman–Crippen LogP) is 7.01. The van der Waals surface area contributed by atoms with Crippen LogP contribution in [0.1, 0.15) is 74.6 Å². The van der Waals surface area contributed by atoms with E-state index in [1.54, 1.807) is 0 Å². The van der Waals surface area contributed by atoms with E-state index in [1.165, 1.54) is 65.0 Å². The number of benzene rings is 3. The number of nitrogens with zero attached hydrogens (tertiary/aromatic N) is 4. The lowest BCUT2D eigenvalue weighted by atomic mass is 9.64. The smallest absolute Gasteiger partial charge is 0.410 e. The van der Waals surface area contributed by atoms with Gasteiger partial charge in [-0.15, -0.1) is 0 Å². The summed E-state index contributed by atoms with van der Waals surface area (Å²) in [7, 11) is 0. The Morgan fingerprint density at radius 3 is 1.67 bits per heavy atom. The molecule has 4 aliphatic rings. The second kappa shape index (κ2) is 11.4. The lowest BCUT2D eigenvalue weighted by Crippen LogP contribution is -2.49. The first-order chi connectivity index (χ1) is 20.9. The van der Waals surface area contributed by atoms with Gasteiger partial charge in [0.15, 0.2) is 0 Å². The number of hydrogen-bond donors (Lipinski definition) is 0. The van der Waals surface area contributed by atoms with Gasteiger partial charge in [0.25, 0.3) is 0 Å². The highest BCUT2D eigenvalue weighted by Crippen LogP contribution is 2.50. The molecular weight excluding hydrogens is 532 g/mol. The first-order valence-corrected chi connectivity index (χ1v) is 16.4. The minimum atomic E-state index is -0.288. The van der Waals surface area contributed by atoms with Gasteiger partial charge in [-0.05, 0) is 91.3 Å². The molecule has 7 rings (SSSR count). The zero-order valence-corrected chi connectivity index (χ0v) is 26.1. The fourth-order valence-electron chi connectivity index (χ4n) is 7.96. The Bertz CT molecular complexity index is 1380. The van der Waals surface area contributed by atoms with Crippen molar-refractivity contribution in [2.45, 2.75) is 63.9 Å². The maximum absolute atomic E-state index is 13.6. The van der Waals surface area contributed by atoms with Gasteiger partial charge in [-0.25, -0.2) is 4.79 Å². The van der Waals surface area contributed by atoms with Crippen molar-refractivity contribution in [3.05, 3.63) is 89.0 Å². The van der Waals surface area contributed by atoms with Crippen LogP contribution in [-0.2, 0) is 10.2 Å². The number of anilines is 3. The monoisotopic (exact) mass is 578 g/mol. The van der Waals surface area contributed by atoms with Crippen LogP contribution in [0, 0.1) is 0 Å². The van der Waals surface area contributed by atoms with Crippen molar-refractivity contribution in [2.75, 3.05) is 67.1 Å². The standard InChI is InChI=1S/C37H46N4O2/c1-27(43-36(42)41-23-21-40(22-24-41)28-11-5-4-6-12-28)35-31-15-13-29(38-17-7-8-18-38)25-33(31)37(2,3)34-26-30(14-16-32(34)35)39-19-9-10-20-39/h4-6,11-16,25-27,35H,7-10,17-24H2,1-3H3. The van der Waals surface area contributed by atoms with E-state index in [-0.39, 0.29) is 23.5 Å². The average molecular weight is 579 g/mol. The molecule has 0 aromatic heterocycles. The lowest BCUT2D eigenvalue weighted by molar-refractivity contribution is 0.0611. The quantitative estimate of drug-likeness (QED) is 0.326. The minimum Gasteiger partial charge on any atom is -0.445 e. The number of fused-ring (bicyclic) bond motifs is 2. The Balaban J connectivity index is 1.17. The summed E-state index contributed by atoms with van der Waals surface area (Å²) in [5.74, 6) is -0.00663. The topological polar surface area (TPSA) is 39.3 Å². The van der Waals surface area contributed by atoms with Crippen LogP contribution in [-0.4, -0.2) is 69.5 Å². The number of piperazine rings is 1. The number of ether oxygens (including phenoxy) is 1. The predicted molar refractivity (Wildman–Crippen MR) is 176 cm³/mol. The van der Waals surface area contributed by atoms with Crippen LogP contribution in [0.15, 0.2) is 66.7 Å². The third kappa shape index (κ3) is 5.23. The van der Waals surface area contributed by atoms with E-state index in [2.05, 4.69) is 96.1 Å². The van der Waals surface area contributed by atoms with E-state index >= 15 is 0 Å². The largest absolute Gasteiger partial charge is 0.445 e. The van der Waals surface area contributed by atoms with Crippen LogP contribution in [0.2, 0.25) is 0 Å². The molecule has 6 heteroatoms. The Hall–Kier alpha value is -3.67. The summed E-state index contributed by atoms with van der Waals surface area (Å²) in [6, 6.07) is 24.6. The maximum Gasteiger partial charge on any atom is 0.410 e. The first-order valence-electron chi connectivity index (χ1n) is 16.4. The highest BCUT2D eigenvalue weighted by Gasteiger charge is 2.42. The molecule has 3 heterocycles. The van der Waals surface area contributed by atoms with Gasteiger partial charge >= 0.3 is 6.09 Å². The second-order valence-corrected chi connectivity index (χ2v) is 13.4. The van der Waals surface area contributed by atoms with Crippen LogP contribution in [0.4, 0.5) is 21.9 Å². The summed E-state index contributed by atoms with van der Waals surface area (Å²) in [6.45, 7) is 14.3. The van der Waals surface area contributed by atoms with Crippen LogP contribution in [0.3, 0.4) is 0 Å². The fraction of sp³-hybridized carbons (Fsp3) is 0.486. The number of carbonyl (C=O) groups excluding carboxylic acids is 1. The Morgan fingerprint density at radius 1 is 0.674 bits per heavy atom. The zero-order chi connectivity index (χ0) is 29.6. The number of hydrogen-bond acceptors (Lipinski definition) is 5. The summed E-state index contributed by atoms with van der Waals surface area (Å²) in [6.07, 6.45) is 4.56. The van der Waals surface area contributed by atoms with Crippen molar-refractivity contribution in [3.8, 4) is 0 Å². The molecule has 3 aromatic rings. The van der Waals surface area contributed by atoms with Gasteiger partial charge in [-0.2, -0.15) is 0 Å². The number of para-hydroxylation sites is 1. The molecule has 0 spiro atoms. The molecule has 0 saturated carbocycles. The molecule has 0 bridgehead atoms. The highest BCUT2D eigenvalue weighted by molar-refractivity contribution is 5.70. The van der Waals surface area contributed by atoms with Crippen molar-refractivity contribution >= 4 is 23.2 Å². The summed E-state index contributed by atoms with van der Waals surface area (Å²) in [5, 5.41) is 0. The number of carbonyl (C=O) groups is 1. The molecule has 1 atom stereocenters. The van der Waals surface area contributed by atoms with Crippen molar-refractivity contribution in [1.29, 1.82) is 0 Å². The maximum atomic E-state index is 13.6. The van der Waals surface area contributed by atoms with E-state index in [0.29, 0.717) is 13.1 Å². The van der Waals surface area contributed by atoms with E-state index in [4.69, 9.17) is 4.74 Å². The van der Waals surface area contributed by atoms with Crippen LogP contribution >= 0.6 is 0 Å². The third-order valence-corrected chi connectivity index (χ3v) is 10.4. The summed E-state index contributed by atoms with van der Waals surface area (Å²) >= 11 is 0. The van der Waals surface area contributed by atoms with Crippen molar-refractivity contribution in [1.82, 2.24) is 4.90 Å². The molecule has 226 valence electrons. The fourth-order valence-corrected chi connectivity index (χ4v) is 7.96. The average Bonchev–Trinajstić information content (AvgIpc) is 3.77. The SMILES string of the molecule is CC(OC(=O)N1CCN(c2ccccc2)CC1)C1c2ccc(N3CCCC3)cc2C(C)(C)c2cc(N3CCCC3)ccc21. The lowest BCUT2D eigenvalue weighted by Gasteiger charge is -2.43. The van der Waals surface area contributed by atoms with Crippen LogP contribution in [0.5, 0.6) is 0 Å². The van der Waals surface area contributed by atoms with E-state index in [0.717, 1.165) is 39.3 Å². The molecule has 0 N–H and O–H groups in total. The normalized spacial score (nSPS) is 20.6. The minimum absolute atomic E-state index is 0.00663. The van der Waals surface area contributed by atoms with E-state index in [1.807, 2.05) is 11.0 Å². The molecule has 6 nitrogen and oxygen atoms in total. The van der Waals surface area contributed by atoms with Gasteiger partial charge in [0.2, 0.25) is 0 Å². The molecular formula is C37H46N4O2. The van der Waals surface area contributed by atoms with Gasteiger partial charge in [0.1, 0.15) is 6.10 Å². The molecule has 43 heavy (non-hydrogen) atoms. The first kappa shape index (κ1) is 28.1. The summed E-state index contributed by atoms with van der Waals surface area (Å²) < 4.78 is 6.36. The molecule has 3 aromatic carbocycles. The Labute approximate surface area is 257 Å². The van der Waals surface area contributed by atoms with Gasteiger partial charge < -0.3 is 24.3 Å². The summed E-state index contributed by atoms with van der Waals surface area (Å²) in [5.41, 5.74) is 9.03. The van der Waals surface area contributed by atoms with Crippen molar-refractivity contribution in [3.63, 3.8) is 0 Å². The Morgan fingerprint density at radius 2 is 1.16 bits per heavy atom. The van der Waals surface area contributed by atoms with Crippen molar-refractivity contribution in [2.24, 2.45) is 0 Å². The number of rotatable bonds is 5. The number of amides is 1. The van der Waals surface area contributed by atoms with Gasteiger partial charge in [-0.1, -0.05) is 44.2 Å². The molecule has 0 radical (unpaired) electrons. The van der Waals surface area contributed by atoms with Crippen molar-refractivity contribution < 1.29 is 9.53 Å². The molecule has 1 aliphatic carbocycles. The summed E-state index contributed by atoms with van der Waals surface area (Å²) in [4.78, 5) is 22.9. The molecule has 1 unspecified atom stereocenters. The Kier molecular flexibility index (Phi) is 7.48. The third-order valence-electron chi connectivity index (χ3n) is 10.4. The molecule has 3 fully saturated rings. The molecule has 3 saturated heterocycles. The molecule has 1 amide bonds. The van der Waals surface area contributed by atoms with Crippen LogP contribution < -0.4 is 14.7 Å². The molecule has 3 aliphatic heterocycles. The van der Waals surface area contributed by atoms with Gasteiger partial charge in [0, 0.05) is 80.8 Å².